The third kappa shape index (κ3) is 3.15. The lowest BCUT2D eigenvalue weighted by atomic mass is 10.00. The molecule has 1 rings (SSSR count). The lowest BCUT2D eigenvalue weighted by Crippen LogP contribution is -2.19. The summed E-state index contributed by atoms with van der Waals surface area (Å²) in [6.07, 6.45) is -4.66. The zero-order valence-corrected chi connectivity index (χ0v) is 8.56. The number of ether oxygens (including phenoxy) is 1. The maximum atomic E-state index is 12.1. The summed E-state index contributed by atoms with van der Waals surface area (Å²) in [5.41, 5.74) is 0.924. The fourth-order valence-electron chi connectivity index (χ4n) is 1.32. The monoisotopic (exact) mass is 217 g/mol. The molecule has 0 amide bonds. The number of benzene rings is 1. The quantitative estimate of drug-likeness (QED) is 0.731. The van der Waals surface area contributed by atoms with E-state index in [9.17, 15) is 13.2 Å². The third-order valence-corrected chi connectivity index (χ3v) is 1.99. The van der Waals surface area contributed by atoms with Crippen molar-refractivity contribution in [3.05, 3.63) is 36.2 Å². The van der Waals surface area contributed by atoms with Gasteiger partial charge in [0.1, 0.15) is 5.75 Å². The average molecular weight is 217 g/mol. The van der Waals surface area contributed by atoms with Crippen LogP contribution >= 0.6 is 0 Å². The van der Waals surface area contributed by atoms with Crippen molar-refractivity contribution in [2.75, 3.05) is 0 Å². The van der Waals surface area contributed by atoms with Gasteiger partial charge in [0, 0.05) is 0 Å². The van der Waals surface area contributed by atoms with E-state index in [-0.39, 0.29) is 11.7 Å². The Morgan fingerprint density at radius 3 is 2.40 bits per heavy atom. The lowest BCUT2D eigenvalue weighted by molar-refractivity contribution is -0.275. The van der Waals surface area contributed by atoms with Crippen molar-refractivity contribution in [1.82, 2.24) is 0 Å². The van der Waals surface area contributed by atoms with E-state index in [0.717, 1.165) is 0 Å². The number of halogens is 3. The largest absolute Gasteiger partial charge is 0.573 e. The van der Waals surface area contributed by atoms with Crippen molar-refractivity contribution in [3.8, 4) is 5.75 Å². The van der Waals surface area contributed by atoms with E-state index in [1.165, 1.54) is 0 Å². The van der Waals surface area contributed by atoms with Gasteiger partial charge in [-0.2, -0.15) is 0 Å². The number of hydrogen-bond donors (Lipinski definition) is 0. The zero-order valence-electron chi connectivity index (χ0n) is 8.56. The van der Waals surface area contributed by atoms with Crippen LogP contribution in [0.5, 0.6) is 5.75 Å². The fraction of sp³-hybridized carbons (Fsp3) is 0.364. The van der Waals surface area contributed by atoms with Crippen LogP contribution in [0.4, 0.5) is 13.2 Å². The minimum absolute atomic E-state index is 0.132. The summed E-state index contributed by atoms with van der Waals surface area (Å²) in [5.74, 6) is -0.380. The molecule has 0 aliphatic heterocycles. The molecule has 83 valence electrons. The van der Waals surface area contributed by atoms with Crippen LogP contribution in [0.2, 0.25) is 0 Å². The SMILES string of the molecule is [CH2]C(C)c1cccc(C)c1OC(F)(F)F. The Labute approximate surface area is 86.9 Å². The molecule has 0 saturated carbocycles. The van der Waals surface area contributed by atoms with Gasteiger partial charge >= 0.3 is 6.36 Å². The molecule has 0 spiro atoms. The Bertz CT molecular complexity index is 342. The van der Waals surface area contributed by atoms with Gasteiger partial charge in [-0.25, -0.2) is 0 Å². The summed E-state index contributed by atoms with van der Waals surface area (Å²) in [6.45, 7) is 6.99. The highest BCUT2D eigenvalue weighted by atomic mass is 19.4. The Morgan fingerprint density at radius 1 is 1.33 bits per heavy atom. The molecule has 1 unspecified atom stereocenters. The molecule has 0 saturated heterocycles. The number of aryl methyl sites for hydroxylation is 1. The maximum Gasteiger partial charge on any atom is 0.573 e. The van der Waals surface area contributed by atoms with Crippen molar-refractivity contribution in [2.24, 2.45) is 0 Å². The summed E-state index contributed by atoms with van der Waals surface area (Å²) >= 11 is 0. The van der Waals surface area contributed by atoms with Gasteiger partial charge in [-0.1, -0.05) is 25.1 Å². The molecule has 0 bridgehead atoms. The molecule has 1 aromatic carbocycles. The van der Waals surface area contributed by atoms with E-state index in [1.807, 2.05) is 0 Å². The highest BCUT2D eigenvalue weighted by Gasteiger charge is 2.33. The second-order valence-electron chi connectivity index (χ2n) is 3.44. The summed E-state index contributed by atoms with van der Waals surface area (Å²) in [4.78, 5) is 0. The Morgan fingerprint density at radius 2 is 1.93 bits per heavy atom. The highest BCUT2D eigenvalue weighted by molar-refractivity contribution is 5.43. The summed E-state index contributed by atoms with van der Waals surface area (Å²) < 4.78 is 40.4. The van der Waals surface area contributed by atoms with Crippen LogP contribution in [0, 0.1) is 13.8 Å². The van der Waals surface area contributed by atoms with Gasteiger partial charge in [-0.15, -0.1) is 13.2 Å². The molecule has 1 nitrogen and oxygen atoms in total. The van der Waals surface area contributed by atoms with E-state index in [1.54, 1.807) is 32.0 Å². The highest BCUT2D eigenvalue weighted by Crippen LogP contribution is 2.33. The van der Waals surface area contributed by atoms with Crippen molar-refractivity contribution in [2.45, 2.75) is 26.1 Å². The second kappa shape index (κ2) is 4.13. The van der Waals surface area contributed by atoms with Crippen molar-refractivity contribution >= 4 is 0 Å². The number of alkyl halides is 3. The van der Waals surface area contributed by atoms with Crippen LogP contribution in [-0.4, -0.2) is 6.36 Å². The molecule has 4 heteroatoms. The van der Waals surface area contributed by atoms with E-state index in [2.05, 4.69) is 11.7 Å². The van der Waals surface area contributed by atoms with Gasteiger partial charge in [0.25, 0.3) is 0 Å². The standard InChI is InChI=1S/C11H12F3O/c1-7(2)9-6-4-5-8(3)10(9)15-11(12,13)14/h4-7H,1H2,2-3H3. The molecule has 15 heavy (non-hydrogen) atoms. The summed E-state index contributed by atoms with van der Waals surface area (Å²) in [5, 5.41) is 0. The van der Waals surface area contributed by atoms with Crippen LogP contribution in [0.3, 0.4) is 0 Å². The number of rotatable bonds is 2. The fourth-order valence-corrected chi connectivity index (χ4v) is 1.32. The first-order valence-corrected chi connectivity index (χ1v) is 4.49. The molecule has 0 aliphatic carbocycles. The van der Waals surface area contributed by atoms with Crippen LogP contribution in [0.15, 0.2) is 18.2 Å². The second-order valence-corrected chi connectivity index (χ2v) is 3.44. The van der Waals surface area contributed by atoms with Crippen LogP contribution < -0.4 is 4.74 Å². The first-order valence-electron chi connectivity index (χ1n) is 4.49. The predicted molar refractivity (Wildman–Crippen MR) is 51.6 cm³/mol. The Balaban J connectivity index is 3.14. The summed E-state index contributed by atoms with van der Waals surface area (Å²) in [6, 6.07) is 4.86. The molecule has 1 atom stereocenters. The van der Waals surface area contributed by atoms with Gasteiger partial charge in [0.2, 0.25) is 0 Å². The van der Waals surface area contributed by atoms with E-state index < -0.39 is 6.36 Å². The molecule has 0 fully saturated rings. The maximum absolute atomic E-state index is 12.1. The minimum atomic E-state index is -4.66. The average Bonchev–Trinajstić information content (AvgIpc) is 2.05. The van der Waals surface area contributed by atoms with Gasteiger partial charge in [-0.05, 0) is 30.9 Å². The number of hydrogen-bond acceptors (Lipinski definition) is 1. The topological polar surface area (TPSA) is 9.23 Å². The van der Waals surface area contributed by atoms with Gasteiger partial charge in [0.15, 0.2) is 0 Å². The van der Waals surface area contributed by atoms with Crippen LogP contribution in [0.25, 0.3) is 0 Å². The van der Waals surface area contributed by atoms with Crippen molar-refractivity contribution < 1.29 is 17.9 Å². The van der Waals surface area contributed by atoms with E-state index in [4.69, 9.17) is 0 Å². The Hall–Kier alpha value is -1.19. The van der Waals surface area contributed by atoms with Crippen LogP contribution in [-0.2, 0) is 0 Å². The van der Waals surface area contributed by atoms with E-state index in [0.29, 0.717) is 11.1 Å². The number of para-hydroxylation sites is 1. The third-order valence-electron chi connectivity index (χ3n) is 1.99. The van der Waals surface area contributed by atoms with E-state index >= 15 is 0 Å². The minimum Gasteiger partial charge on any atom is -0.405 e. The molecular formula is C11H12F3O. The van der Waals surface area contributed by atoms with Gasteiger partial charge < -0.3 is 4.74 Å². The molecule has 0 aromatic heterocycles. The van der Waals surface area contributed by atoms with Crippen molar-refractivity contribution in [1.29, 1.82) is 0 Å². The molecule has 0 N–H and O–H groups in total. The normalized spacial score (nSPS) is 11.9. The summed E-state index contributed by atoms with van der Waals surface area (Å²) in [7, 11) is 0. The zero-order chi connectivity index (χ0) is 11.6. The smallest absolute Gasteiger partial charge is 0.405 e. The molecule has 0 aliphatic rings. The molecule has 0 heterocycles. The predicted octanol–water partition coefficient (Wildman–Crippen LogP) is 3.83. The first kappa shape index (κ1) is 11.9. The molecule has 1 aromatic rings. The lowest BCUT2D eigenvalue weighted by Gasteiger charge is -2.17. The molecule has 1 radical (unpaired) electrons. The van der Waals surface area contributed by atoms with Crippen molar-refractivity contribution in [3.63, 3.8) is 0 Å². The van der Waals surface area contributed by atoms with Gasteiger partial charge in [-0.3, -0.25) is 0 Å². The molecular weight excluding hydrogens is 205 g/mol. The van der Waals surface area contributed by atoms with Gasteiger partial charge in [0.05, 0.1) is 0 Å². The van der Waals surface area contributed by atoms with Crippen LogP contribution in [0.1, 0.15) is 24.0 Å². The first-order chi connectivity index (χ1) is 6.81. The Kier molecular flexibility index (Phi) is 3.27.